The molecule has 0 saturated carbocycles. The first-order chi connectivity index (χ1) is 13.2. The predicted molar refractivity (Wildman–Crippen MR) is 108 cm³/mol. The Morgan fingerprint density at radius 2 is 1.52 bits per heavy atom. The third kappa shape index (κ3) is 4.24. The number of nitrogens with zero attached hydrogens (tertiary/aromatic N) is 5. The number of amides is 2. The topological polar surface area (TPSA) is 64.6 Å². The molecule has 1 aromatic heterocycles. The van der Waals surface area contributed by atoms with E-state index in [1.54, 1.807) is 12.1 Å². The molecule has 8 heteroatoms. The van der Waals surface area contributed by atoms with Crippen molar-refractivity contribution >= 4 is 35.0 Å². The standard InChI is InChI=1S/C19H23ClN6O/c20-15-4-3-5-16(14-15)21-19(27)26-12-10-25(11-13-26)18-7-6-17(22-23-18)24-8-1-2-9-24/h3-7,14H,1-2,8-13H2,(H,21,27). The van der Waals surface area contributed by atoms with E-state index in [1.807, 2.05) is 29.2 Å². The van der Waals surface area contributed by atoms with Crippen LogP contribution in [0.4, 0.5) is 22.1 Å². The van der Waals surface area contributed by atoms with E-state index >= 15 is 0 Å². The molecular formula is C19H23ClN6O. The van der Waals surface area contributed by atoms with E-state index in [0.29, 0.717) is 23.8 Å². The molecule has 0 radical (unpaired) electrons. The van der Waals surface area contributed by atoms with Gasteiger partial charge < -0.3 is 20.0 Å². The van der Waals surface area contributed by atoms with Crippen molar-refractivity contribution in [2.45, 2.75) is 12.8 Å². The van der Waals surface area contributed by atoms with E-state index < -0.39 is 0 Å². The average molecular weight is 387 g/mol. The van der Waals surface area contributed by atoms with Crippen LogP contribution in [0.15, 0.2) is 36.4 Å². The van der Waals surface area contributed by atoms with Gasteiger partial charge in [-0.3, -0.25) is 0 Å². The van der Waals surface area contributed by atoms with Crippen LogP contribution in [0.2, 0.25) is 5.02 Å². The number of benzene rings is 1. The van der Waals surface area contributed by atoms with Gasteiger partial charge >= 0.3 is 6.03 Å². The zero-order chi connectivity index (χ0) is 18.6. The number of piperazine rings is 1. The summed E-state index contributed by atoms with van der Waals surface area (Å²) in [6.07, 6.45) is 2.45. The normalized spacial score (nSPS) is 17.3. The molecule has 27 heavy (non-hydrogen) atoms. The Balaban J connectivity index is 1.31. The van der Waals surface area contributed by atoms with Crippen molar-refractivity contribution in [1.29, 1.82) is 0 Å². The summed E-state index contributed by atoms with van der Waals surface area (Å²) in [5.74, 6) is 1.82. The summed E-state index contributed by atoms with van der Waals surface area (Å²) < 4.78 is 0. The summed E-state index contributed by atoms with van der Waals surface area (Å²) >= 11 is 5.97. The van der Waals surface area contributed by atoms with Crippen molar-refractivity contribution in [3.8, 4) is 0 Å². The van der Waals surface area contributed by atoms with Crippen LogP contribution in [0.5, 0.6) is 0 Å². The van der Waals surface area contributed by atoms with Crippen molar-refractivity contribution in [3.63, 3.8) is 0 Å². The van der Waals surface area contributed by atoms with Gasteiger partial charge in [-0.05, 0) is 43.2 Å². The molecule has 2 aliphatic heterocycles. The summed E-state index contributed by atoms with van der Waals surface area (Å²) in [6.45, 7) is 4.88. The van der Waals surface area contributed by atoms with Gasteiger partial charge in [-0.15, -0.1) is 10.2 Å². The molecule has 0 aliphatic carbocycles. The number of nitrogens with one attached hydrogen (secondary N) is 1. The van der Waals surface area contributed by atoms with Crippen LogP contribution >= 0.6 is 11.6 Å². The molecule has 2 saturated heterocycles. The van der Waals surface area contributed by atoms with E-state index in [1.165, 1.54) is 12.8 Å². The number of urea groups is 1. The minimum absolute atomic E-state index is 0.104. The van der Waals surface area contributed by atoms with Gasteiger partial charge in [0.1, 0.15) is 0 Å². The largest absolute Gasteiger partial charge is 0.355 e. The molecule has 2 fully saturated rings. The maximum atomic E-state index is 12.4. The Morgan fingerprint density at radius 3 is 2.11 bits per heavy atom. The van der Waals surface area contributed by atoms with Gasteiger partial charge in [-0.1, -0.05) is 17.7 Å². The minimum Gasteiger partial charge on any atom is -0.355 e. The highest BCUT2D eigenvalue weighted by Crippen LogP contribution is 2.20. The predicted octanol–water partition coefficient (Wildman–Crippen LogP) is 3.08. The second-order valence-corrected chi connectivity index (χ2v) is 7.29. The van der Waals surface area contributed by atoms with E-state index in [0.717, 1.165) is 37.8 Å². The molecule has 0 spiro atoms. The van der Waals surface area contributed by atoms with E-state index in [9.17, 15) is 4.79 Å². The Kier molecular flexibility index (Phi) is 5.29. The van der Waals surface area contributed by atoms with Gasteiger partial charge in [-0.25, -0.2) is 4.79 Å². The number of rotatable bonds is 3. The molecule has 142 valence electrons. The molecule has 0 atom stereocenters. The number of anilines is 3. The van der Waals surface area contributed by atoms with Gasteiger partial charge in [0.05, 0.1) is 0 Å². The van der Waals surface area contributed by atoms with Crippen LogP contribution in [0.25, 0.3) is 0 Å². The zero-order valence-electron chi connectivity index (χ0n) is 15.1. The van der Waals surface area contributed by atoms with Crippen LogP contribution < -0.4 is 15.1 Å². The van der Waals surface area contributed by atoms with Gasteiger partial charge in [0.25, 0.3) is 0 Å². The molecule has 2 aliphatic rings. The highest BCUT2D eigenvalue weighted by atomic mass is 35.5. The third-order valence-corrected chi connectivity index (χ3v) is 5.27. The third-order valence-electron chi connectivity index (χ3n) is 5.03. The summed E-state index contributed by atoms with van der Waals surface area (Å²) in [5.41, 5.74) is 0.707. The van der Waals surface area contributed by atoms with Crippen LogP contribution in [0.3, 0.4) is 0 Å². The van der Waals surface area contributed by atoms with Crippen LogP contribution in [-0.4, -0.2) is 60.4 Å². The van der Waals surface area contributed by atoms with Crippen molar-refractivity contribution in [2.24, 2.45) is 0 Å². The lowest BCUT2D eigenvalue weighted by molar-refractivity contribution is 0.208. The Labute approximate surface area is 163 Å². The van der Waals surface area contributed by atoms with Crippen LogP contribution in [0, 0.1) is 0 Å². The lowest BCUT2D eigenvalue weighted by Gasteiger charge is -2.35. The van der Waals surface area contributed by atoms with E-state index in [-0.39, 0.29) is 6.03 Å². The zero-order valence-corrected chi connectivity index (χ0v) is 15.9. The van der Waals surface area contributed by atoms with Gasteiger partial charge in [0.2, 0.25) is 0 Å². The maximum Gasteiger partial charge on any atom is 0.321 e. The number of halogens is 1. The second kappa shape index (κ2) is 8.00. The Bertz CT molecular complexity index is 785. The van der Waals surface area contributed by atoms with Gasteiger partial charge in [0.15, 0.2) is 11.6 Å². The molecular weight excluding hydrogens is 364 g/mol. The van der Waals surface area contributed by atoms with Crippen molar-refractivity contribution in [1.82, 2.24) is 15.1 Å². The summed E-state index contributed by atoms with van der Waals surface area (Å²) in [6, 6.07) is 11.2. The van der Waals surface area contributed by atoms with Crippen LogP contribution in [0.1, 0.15) is 12.8 Å². The minimum atomic E-state index is -0.104. The second-order valence-electron chi connectivity index (χ2n) is 6.86. The first-order valence-electron chi connectivity index (χ1n) is 9.34. The first kappa shape index (κ1) is 17.9. The van der Waals surface area contributed by atoms with Crippen LogP contribution in [-0.2, 0) is 0 Å². The molecule has 1 aromatic carbocycles. The van der Waals surface area contributed by atoms with E-state index in [4.69, 9.17) is 11.6 Å². The molecule has 4 rings (SSSR count). The molecule has 0 unspecified atom stereocenters. The number of aromatic nitrogens is 2. The highest BCUT2D eigenvalue weighted by molar-refractivity contribution is 6.30. The summed E-state index contributed by atoms with van der Waals surface area (Å²) in [5, 5.41) is 12.3. The Morgan fingerprint density at radius 1 is 0.889 bits per heavy atom. The fraction of sp³-hybridized carbons (Fsp3) is 0.421. The number of hydrogen-bond donors (Lipinski definition) is 1. The van der Waals surface area contributed by atoms with Gasteiger partial charge in [0, 0.05) is 50.0 Å². The quantitative estimate of drug-likeness (QED) is 0.878. The number of carbonyl (C=O) groups excluding carboxylic acids is 1. The van der Waals surface area contributed by atoms with Crippen molar-refractivity contribution in [2.75, 3.05) is 54.4 Å². The van der Waals surface area contributed by atoms with Crippen molar-refractivity contribution < 1.29 is 4.79 Å². The van der Waals surface area contributed by atoms with E-state index in [2.05, 4.69) is 25.3 Å². The lowest BCUT2D eigenvalue weighted by atomic mass is 10.3. The highest BCUT2D eigenvalue weighted by Gasteiger charge is 2.22. The SMILES string of the molecule is O=C(Nc1cccc(Cl)c1)N1CCN(c2ccc(N3CCCC3)nn2)CC1. The summed E-state index contributed by atoms with van der Waals surface area (Å²) in [4.78, 5) is 18.7. The molecule has 3 heterocycles. The molecule has 7 nitrogen and oxygen atoms in total. The van der Waals surface area contributed by atoms with Crippen molar-refractivity contribution in [3.05, 3.63) is 41.4 Å². The first-order valence-corrected chi connectivity index (χ1v) is 9.72. The smallest absolute Gasteiger partial charge is 0.321 e. The molecule has 1 N–H and O–H groups in total. The fourth-order valence-electron chi connectivity index (χ4n) is 3.51. The monoisotopic (exact) mass is 386 g/mol. The number of hydrogen-bond acceptors (Lipinski definition) is 5. The molecule has 2 aromatic rings. The Hall–Kier alpha value is -2.54. The summed E-state index contributed by atoms with van der Waals surface area (Å²) in [7, 11) is 0. The molecule has 2 amide bonds. The average Bonchev–Trinajstić information content (AvgIpc) is 3.23. The molecule has 0 bridgehead atoms. The fourth-order valence-corrected chi connectivity index (χ4v) is 3.70. The van der Waals surface area contributed by atoms with Gasteiger partial charge in [-0.2, -0.15) is 0 Å². The lowest BCUT2D eigenvalue weighted by Crippen LogP contribution is -2.50. The number of carbonyl (C=O) groups is 1. The maximum absolute atomic E-state index is 12.4.